The molecule has 2 fully saturated rings. The van der Waals surface area contributed by atoms with E-state index in [1.54, 1.807) is 0 Å². The number of carboxylic acid groups (broad SMARTS) is 1. The van der Waals surface area contributed by atoms with Gasteiger partial charge in [0.1, 0.15) is 0 Å². The molecular formula is C12H21NO2. The van der Waals surface area contributed by atoms with Crippen molar-refractivity contribution >= 4 is 5.97 Å². The number of likely N-dealkylation sites (tertiary alicyclic amines) is 1. The molecule has 0 aromatic heterocycles. The Balaban J connectivity index is 2.07. The van der Waals surface area contributed by atoms with Crippen molar-refractivity contribution in [3.63, 3.8) is 0 Å². The highest BCUT2D eigenvalue weighted by atomic mass is 16.4. The molecule has 2 rings (SSSR count). The van der Waals surface area contributed by atoms with Gasteiger partial charge >= 0.3 is 5.97 Å². The highest BCUT2D eigenvalue weighted by Gasteiger charge is 2.38. The molecule has 0 bridgehead atoms. The Hall–Kier alpha value is -0.570. The average molecular weight is 211 g/mol. The summed E-state index contributed by atoms with van der Waals surface area (Å²) in [6.07, 6.45) is 6.47. The number of hydrogen-bond donors (Lipinski definition) is 1. The van der Waals surface area contributed by atoms with E-state index in [0.29, 0.717) is 24.3 Å². The number of rotatable bonds is 2. The summed E-state index contributed by atoms with van der Waals surface area (Å²) >= 11 is 0. The fraction of sp³-hybridized carbons (Fsp3) is 0.917. The molecule has 3 atom stereocenters. The minimum atomic E-state index is -0.616. The van der Waals surface area contributed by atoms with E-state index >= 15 is 0 Å². The summed E-state index contributed by atoms with van der Waals surface area (Å²) in [6, 6.07) is 0.664. The van der Waals surface area contributed by atoms with Crippen LogP contribution in [0.15, 0.2) is 0 Å². The zero-order valence-corrected chi connectivity index (χ0v) is 9.48. The number of carbonyl (C=O) groups is 1. The Morgan fingerprint density at radius 1 is 1.33 bits per heavy atom. The molecule has 1 saturated carbocycles. The first kappa shape index (κ1) is 10.9. The SMILES string of the molecule is CN1CCCC(CC(=O)O)C2CCCC21. The highest BCUT2D eigenvalue weighted by molar-refractivity contribution is 5.67. The number of aliphatic carboxylic acids is 1. The van der Waals surface area contributed by atoms with Crippen LogP contribution in [0.3, 0.4) is 0 Å². The maximum atomic E-state index is 10.8. The van der Waals surface area contributed by atoms with Crippen LogP contribution in [0.2, 0.25) is 0 Å². The van der Waals surface area contributed by atoms with Crippen molar-refractivity contribution in [3.8, 4) is 0 Å². The maximum Gasteiger partial charge on any atom is 0.303 e. The van der Waals surface area contributed by atoms with Gasteiger partial charge in [-0.05, 0) is 51.1 Å². The lowest BCUT2D eigenvalue weighted by molar-refractivity contribution is -0.138. The van der Waals surface area contributed by atoms with Gasteiger partial charge in [0.2, 0.25) is 0 Å². The van der Waals surface area contributed by atoms with Gasteiger partial charge in [-0.25, -0.2) is 0 Å². The van der Waals surface area contributed by atoms with Gasteiger partial charge in [-0.2, -0.15) is 0 Å². The first-order valence-corrected chi connectivity index (χ1v) is 6.10. The monoisotopic (exact) mass is 211 g/mol. The molecule has 0 aromatic rings. The van der Waals surface area contributed by atoms with E-state index in [2.05, 4.69) is 11.9 Å². The van der Waals surface area contributed by atoms with Gasteiger partial charge in [0.05, 0.1) is 0 Å². The Bertz CT molecular complexity index is 242. The maximum absolute atomic E-state index is 10.8. The van der Waals surface area contributed by atoms with Gasteiger partial charge in [0, 0.05) is 12.5 Å². The Morgan fingerprint density at radius 3 is 2.87 bits per heavy atom. The molecule has 0 amide bonds. The van der Waals surface area contributed by atoms with Crippen molar-refractivity contribution in [1.29, 1.82) is 0 Å². The summed E-state index contributed by atoms with van der Waals surface area (Å²) in [5.74, 6) is 0.462. The van der Waals surface area contributed by atoms with Crippen molar-refractivity contribution in [2.24, 2.45) is 11.8 Å². The standard InChI is InChI=1S/C12H21NO2/c1-13-7-3-4-9(8-12(14)15)10-5-2-6-11(10)13/h9-11H,2-8H2,1H3,(H,14,15). The van der Waals surface area contributed by atoms with E-state index < -0.39 is 5.97 Å². The zero-order valence-electron chi connectivity index (χ0n) is 9.48. The van der Waals surface area contributed by atoms with Crippen LogP contribution < -0.4 is 0 Å². The van der Waals surface area contributed by atoms with Gasteiger partial charge in [-0.3, -0.25) is 4.79 Å². The quantitative estimate of drug-likeness (QED) is 0.759. The molecule has 86 valence electrons. The molecule has 0 aromatic carbocycles. The first-order chi connectivity index (χ1) is 7.18. The molecule has 1 saturated heterocycles. The molecule has 1 aliphatic heterocycles. The van der Waals surface area contributed by atoms with Crippen molar-refractivity contribution in [1.82, 2.24) is 4.90 Å². The van der Waals surface area contributed by atoms with Crippen LogP contribution in [-0.2, 0) is 4.79 Å². The second kappa shape index (κ2) is 4.52. The fourth-order valence-electron chi connectivity index (χ4n) is 3.53. The summed E-state index contributed by atoms with van der Waals surface area (Å²) in [5.41, 5.74) is 0. The minimum Gasteiger partial charge on any atom is -0.481 e. The van der Waals surface area contributed by atoms with Gasteiger partial charge in [0.25, 0.3) is 0 Å². The summed E-state index contributed by atoms with van der Waals surface area (Å²) in [4.78, 5) is 13.3. The van der Waals surface area contributed by atoms with Gasteiger partial charge in [-0.1, -0.05) is 6.42 Å². The predicted molar refractivity (Wildman–Crippen MR) is 58.7 cm³/mol. The van der Waals surface area contributed by atoms with Crippen LogP contribution in [0.25, 0.3) is 0 Å². The molecule has 0 spiro atoms. The van der Waals surface area contributed by atoms with Crippen LogP contribution in [0.4, 0.5) is 0 Å². The Kier molecular flexibility index (Phi) is 3.29. The second-order valence-electron chi connectivity index (χ2n) is 5.14. The first-order valence-electron chi connectivity index (χ1n) is 6.10. The minimum absolute atomic E-state index is 0.384. The van der Waals surface area contributed by atoms with E-state index in [-0.39, 0.29) is 0 Å². The lowest BCUT2D eigenvalue weighted by Gasteiger charge is -2.29. The molecule has 3 unspecified atom stereocenters. The normalized spacial score (nSPS) is 37.3. The number of hydrogen-bond acceptors (Lipinski definition) is 2. The largest absolute Gasteiger partial charge is 0.481 e. The van der Waals surface area contributed by atoms with Gasteiger partial charge < -0.3 is 10.0 Å². The van der Waals surface area contributed by atoms with E-state index in [0.717, 1.165) is 13.0 Å². The Morgan fingerprint density at radius 2 is 2.13 bits per heavy atom. The third-order valence-electron chi connectivity index (χ3n) is 4.23. The molecule has 1 heterocycles. The molecule has 1 N–H and O–H groups in total. The molecule has 2 aliphatic rings. The lowest BCUT2D eigenvalue weighted by atomic mass is 9.83. The third-order valence-corrected chi connectivity index (χ3v) is 4.23. The summed E-state index contributed by atoms with van der Waals surface area (Å²) in [5, 5.41) is 8.93. The predicted octanol–water partition coefficient (Wildman–Crippen LogP) is 1.97. The fourth-order valence-corrected chi connectivity index (χ4v) is 3.53. The molecule has 0 radical (unpaired) electrons. The highest BCUT2D eigenvalue weighted by Crippen LogP contribution is 2.40. The third kappa shape index (κ3) is 2.33. The molecular weight excluding hydrogens is 190 g/mol. The van der Waals surface area contributed by atoms with Crippen LogP contribution in [0.5, 0.6) is 0 Å². The molecule has 15 heavy (non-hydrogen) atoms. The topological polar surface area (TPSA) is 40.5 Å². The van der Waals surface area contributed by atoms with E-state index in [1.807, 2.05) is 0 Å². The lowest BCUT2D eigenvalue weighted by Crippen LogP contribution is -2.35. The number of carboxylic acids is 1. The number of fused-ring (bicyclic) bond motifs is 1. The van der Waals surface area contributed by atoms with Crippen LogP contribution in [0, 0.1) is 11.8 Å². The smallest absolute Gasteiger partial charge is 0.303 e. The summed E-state index contributed by atoms with van der Waals surface area (Å²) in [6.45, 7) is 1.15. The average Bonchev–Trinajstić information content (AvgIpc) is 2.59. The molecule has 3 heteroatoms. The summed E-state index contributed by atoms with van der Waals surface area (Å²) < 4.78 is 0. The second-order valence-corrected chi connectivity index (χ2v) is 5.14. The Labute approximate surface area is 91.5 Å². The van der Waals surface area contributed by atoms with Crippen LogP contribution >= 0.6 is 0 Å². The van der Waals surface area contributed by atoms with Gasteiger partial charge in [0.15, 0.2) is 0 Å². The van der Waals surface area contributed by atoms with Crippen molar-refractivity contribution < 1.29 is 9.90 Å². The van der Waals surface area contributed by atoms with Crippen molar-refractivity contribution in [3.05, 3.63) is 0 Å². The van der Waals surface area contributed by atoms with Crippen LogP contribution in [0.1, 0.15) is 38.5 Å². The number of nitrogens with zero attached hydrogens (tertiary/aromatic N) is 1. The zero-order chi connectivity index (χ0) is 10.8. The van der Waals surface area contributed by atoms with E-state index in [4.69, 9.17) is 5.11 Å². The summed E-state index contributed by atoms with van der Waals surface area (Å²) in [7, 11) is 2.20. The van der Waals surface area contributed by atoms with E-state index in [1.165, 1.54) is 25.7 Å². The van der Waals surface area contributed by atoms with Crippen molar-refractivity contribution in [2.45, 2.75) is 44.6 Å². The molecule has 1 aliphatic carbocycles. The van der Waals surface area contributed by atoms with E-state index in [9.17, 15) is 4.79 Å². The molecule has 3 nitrogen and oxygen atoms in total. The van der Waals surface area contributed by atoms with Crippen molar-refractivity contribution in [2.75, 3.05) is 13.6 Å². The van der Waals surface area contributed by atoms with Gasteiger partial charge in [-0.15, -0.1) is 0 Å². The van der Waals surface area contributed by atoms with Crippen LogP contribution in [-0.4, -0.2) is 35.6 Å².